The van der Waals surface area contributed by atoms with Gasteiger partial charge in [-0.3, -0.25) is 14.2 Å². The highest BCUT2D eigenvalue weighted by molar-refractivity contribution is 7.98. The minimum atomic E-state index is -0.314. The van der Waals surface area contributed by atoms with Gasteiger partial charge in [0.05, 0.1) is 25.6 Å². The van der Waals surface area contributed by atoms with Gasteiger partial charge in [0.25, 0.3) is 5.56 Å². The number of benzene rings is 1. The molecule has 0 saturated carbocycles. The molecule has 3 rings (SSSR count). The first kappa shape index (κ1) is 18.3. The Kier molecular flexibility index (Phi) is 5.51. The summed E-state index contributed by atoms with van der Waals surface area (Å²) in [5, 5.41) is 3.35. The van der Waals surface area contributed by atoms with Gasteiger partial charge in [-0.05, 0) is 37.7 Å². The van der Waals surface area contributed by atoms with Crippen LogP contribution >= 0.6 is 11.8 Å². The predicted molar refractivity (Wildman–Crippen MR) is 100 cm³/mol. The molecule has 0 radical (unpaired) electrons. The van der Waals surface area contributed by atoms with Crippen LogP contribution in [0.3, 0.4) is 0 Å². The third-order valence-electron chi connectivity index (χ3n) is 4.32. The molecule has 1 aliphatic carbocycles. The van der Waals surface area contributed by atoms with Crippen LogP contribution in [0.4, 0.5) is 5.69 Å². The van der Waals surface area contributed by atoms with Crippen LogP contribution in [0.15, 0.2) is 28.2 Å². The number of aromatic nitrogens is 2. The first-order valence-electron chi connectivity index (χ1n) is 8.25. The van der Waals surface area contributed by atoms with Crippen LogP contribution in [0.2, 0.25) is 0 Å². The Balaban J connectivity index is 1.84. The summed E-state index contributed by atoms with van der Waals surface area (Å²) in [6.45, 7) is -0.0928. The van der Waals surface area contributed by atoms with Gasteiger partial charge in [-0.25, -0.2) is 4.98 Å². The number of nitrogens with zero attached hydrogens (tertiary/aromatic N) is 2. The van der Waals surface area contributed by atoms with Crippen LogP contribution < -0.4 is 20.3 Å². The van der Waals surface area contributed by atoms with Gasteiger partial charge in [0.15, 0.2) is 5.16 Å². The molecule has 26 heavy (non-hydrogen) atoms. The number of nitrogens with one attached hydrogen (secondary N) is 1. The van der Waals surface area contributed by atoms with Crippen LogP contribution in [0.1, 0.15) is 17.7 Å². The van der Waals surface area contributed by atoms with Crippen molar-refractivity contribution in [3.63, 3.8) is 0 Å². The van der Waals surface area contributed by atoms with Crippen molar-refractivity contribution in [2.45, 2.75) is 31.0 Å². The van der Waals surface area contributed by atoms with E-state index in [1.165, 1.54) is 23.4 Å². The lowest BCUT2D eigenvalue weighted by Gasteiger charge is -2.14. The molecule has 1 aromatic heterocycles. The van der Waals surface area contributed by atoms with Gasteiger partial charge in [0.2, 0.25) is 5.91 Å². The van der Waals surface area contributed by atoms with Gasteiger partial charge in [-0.15, -0.1) is 0 Å². The summed E-state index contributed by atoms with van der Waals surface area (Å²) in [5.41, 5.74) is 2.00. The number of carbonyl (C=O) groups excluding carboxylic acids is 1. The third kappa shape index (κ3) is 3.55. The number of hydrogen-bond donors (Lipinski definition) is 1. The van der Waals surface area contributed by atoms with E-state index >= 15 is 0 Å². The van der Waals surface area contributed by atoms with Crippen molar-refractivity contribution in [3.05, 3.63) is 39.8 Å². The van der Waals surface area contributed by atoms with E-state index in [0.29, 0.717) is 22.3 Å². The molecule has 0 fully saturated rings. The molecule has 1 aromatic carbocycles. The highest BCUT2D eigenvalue weighted by Gasteiger charge is 2.21. The smallest absolute Gasteiger partial charge is 0.258 e. The minimum absolute atomic E-state index is 0.0928. The number of rotatable bonds is 6. The highest BCUT2D eigenvalue weighted by Crippen LogP contribution is 2.29. The van der Waals surface area contributed by atoms with Crippen molar-refractivity contribution in [1.82, 2.24) is 9.55 Å². The zero-order chi connectivity index (χ0) is 18.7. The Labute approximate surface area is 155 Å². The maximum absolute atomic E-state index is 12.7. The molecule has 1 amide bonds. The number of thioether (sulfide) groups is 1. The first-order chi connectivity index (χ1) is 12.6. The molecule has 1 aliphatic rings. The number of carbonyl (C=O) groups is 1. The summed E-state index contributed by atoms with van der Waals surface area (Å²) in [6.07, 6.45) is 4.34. The predicted octanol–water partition coefficient (Wildman–Crippen LogP) is 2.11. The normalized spacial score (nSPS) is 12.6. The van der Waals surface area contributed by atoms with E-state index in [4.69, 9.17) is 9.47 Å². The minimum Gasteiger partial charge on any atom is -0.497 e. The highest BCUT2D eigenvalue weighted by atomic mass is 32.2. The number of hydrogen-bond acceptors (Lipinski definition) is 6. The fourth-order valence-electron chi connectivity index (χ4n) is 3.04. The standard InChI is InChI=1S/C18H21N3O4S/c1-24-11-7-8-14(15(9-11)25-2)19-16(22)10-21-17(23)12-5-4-6-13(12)20-18(21)26-3/h7-9H,4-6,10H2,1-3H3,(H,19,22). The average Bonchev–Trinajstić information content (AvgIpc) is 3.13. The van der Waals surface area contributed by atoms with Crippen molar-refractivity contribution >= 4 is 23.4 Å². The van der Waals surface area contributed by atoms with E-state index in [0.717, 1.165) is 30.5 Å². The lowest BCUT2D eigenvalue weighted by atomic mass is 10.2. The number of amides is 1. The number of fused-ring (bicyclic) bond motifs is 1. The molecule has 7 nitrogen and oxygen atoms in total. The molecule has 0 spiro atoms. The molecule has 0 bridgehead atoms. The van der Waals surface area contributed by atoms with E-state index in [9.17, 15) is 9.59 Å². The average molecular weight is 375 g/mol. The fraction of sp³-hybridized carbons (Fsp3) is 0.389. The lowest BCUT2D eigenvalue weighted by molar-refractivity contribution is -0.116. The summed E-state index contributed by atoms with van der Waals surface area (Å²) in [7, 11) is 3.08. The van der Waals surface area contributed by atoms with Crippen LogP contribution in [-0.2, 0) is 24.2 Å². The van der Waals surface area contributed by atoms with E-state index in [2.05, 4.69) is 10.3 Å². The van der Waals surface area contributed by atoms with Crippen LogP contribution in [0.5, 0.6) is 11.5 Å². The van der Waals surface area contributed by atoms with Gasteiger partial charge in [-0.1, -0.05) is 11.8 Å². The van der Waals surface area contributed by atoms with E-state index < -0.39 is 0 Å². The Hall–Kier alpha value is -2.48. The number of aryl methyl sites for hydroxylation is 1. The van der Waals surface area contributed by atoms with Crippen molar-refractivity contribution in [2.75, 3.05) is 25.8 Å². The fourth-order valence-corrected chi connectivity index (χ4v) is 3.61. The molecular formula is C18H21N3O4S. The second kappa shape index (κ2) is 7.82. The maximum atomic E-state index is 12.7. The molecule has 138 valence electrons. The van der Waals surface area contributed by atoms with Crippen LogP contribution in [-0.4, -0.2) is 35.9 Å². The number of anilines is 1. The molecule has 8 heteroatoms. The van der Waals surface area contributed by atoms with Gasteiger partial charge in [0.1, 0.15) is 18.0 Å². The van der Waals surface area contributed by atoms with Gasteiger partial charge < -0.3 is 14.8 Å². The van der Waals surface area contributed by atoms with Crippen molar-refractivity contribution in [1.29, 1.82) is 0 Å². The number of methoxy groups -OCH3 is 2. The molecule has 1 heterocycles. The monoisotopic (exact) mass is 375 g/mol. The summed E-state index contributed by atoms with van der Waals surface area (Å²) in [5.74, 6) is 0.802. The van der Waals surface area contributed by atoms with Gasteiger partial charge in [0, 0.05) is 11.6 Å². The van der Waals surface area contributed by atoms with Crippen molar-refractivity contribution < 1.29 is 14.3 Å². The summed E-state index contributed by atoms with van der Waals surface area (Å²) >= 11 is 1.37. The summed E-state index contributed by atoms with van der Waals surface area (Å²) < 4.78 is 11.9. The second-order valence-corrected chi connectivity index (χ2v) is 6.66. The number of ether oxygens (including phenoxy) is 2. The molecule has 1 N–H and O–H groups in total. The largest absolute Gasteiger partial charge is 0.497 e. The Morgan fingerprint density at radius 3 is 2.81 bits per heavy atom. The maximum Gasteiger partial charge on any atom is 0.258 e. The molecule has 0 unspecified atom stereocenters. The Bertz CT molecular complexity index is 895. The zero-order valence-electron chi connectivity index (χ0n) is 15.0. The van der Waals surface area contributed by atoms with Crippen molar-refractivity contribution in [2.24, 2.45) is 0 Å². The molecule has 0 atom stereocenters. The summed E-state index contributed by atoms with van der Waals surface area (Å²) in [6, 6.07) is 5.12. The Morgan fingerprint density at radius 2 is 2.12 bits per heavy atom. The van der Waals surface area contributed by atoms with E-state index in [1.807, 2.05) is 6.26 Å². The summed E-state index contributed by atoms with van der Waals surface area (Å²) in [4.78, 5) is 29.8. The van der Waals surface area contributed by atoms with E-state index in [1.54, 1.807) is 25.3 Å². The Morgan fingerprint density at radius 1 is 1.31 bits per heavy atom. The first-order valence-corrected chi connectivity index (χ1v) is 9.48. The van der Waals surface area contributed by atoms with Gasteiger partial charge >= 0.3 is 0 Å². The van der Waals surface area contributed by atoms with Crippen molar-refractivity contribution in [3.8, 4) is 11.5 Å². The molecule has 2 aromatic rings. The topological polar surface area (TPSA) is 82.5 Å². The quantitative estimate of drug-likeness (QED) is 0.615. The van der Waals surface area contributed by atoms with Crippen LogP contribution in [0.25, 0.3) is 0 Å². The van der Waals surface area contributed by atoms with Crippen LogP contribution in [0, 0.1) is 0 Å². The SMILES string of the molecule is COc1ccc(NC(=O)Cn2c(SC)nc3c(c2=O)CCC3)c(OC)c1. The molecular weight excluding hydrogens is 354 g/mol. The lowest BCUT2D eigenvalue weighted by Crippen LogP contribution is -2.32. The molecule has 0 aliphatic heterocycles. The zero-order valence-corrected chi connectivity index (χ0v) is 15.8. The van der Waals surface area contributed by atoms with Gasteiger partial charge in [-0.2, -0.15) is 0 Å². The third-order valence-corrected chi connectivity index (χ3v) is 5.00. The molecule has 0 saturated heterocycles. The van der Waals surface area contributed by atoms with E-state index in [-0.39, 0.29) is 18.0 Å². The second-order valence-electron chi connectivity index (χ2n) is 5.88.